The highest BCUT2D eigenvalue weighted by Crippen LogP contribution is 2.36. The van der Waals surface area contributed by atoms with Crippen molar-refractivity contribution in [1.82, 2.24) is 4.90 Å². The average molecular weight is 353 g/mol. The van der Waals surface area contributed by atoms with Crippen molar-refractivity contribution in [1.29, 1.82) is 0 Å². The Morgan fingerprint density at radius 3 is 2.73 bits per heavy atom. The van der Waals surface area contributed by atoms with E-state index in [-0.39, 0.29) is 18.1 Å². The van der Waals surface area contributed by atoms with Crippen LogP contribution in [-0.4, -0.2) is 30.2 Å². The molecule has 2 N–H and O–H groups in total. The molecule has 0 spiro atoms. The Hall–Kier alpha value is -2.40. The van der Waals surface area contributed by atoms with Gasteiger partial charge in [-0.05, 0) is 54.5 Å². The van der Waals surface area contributed by atoms with Crippen molar-refractivity contribution in [3.63, 3.8) is 0 Å². The summed E-state index contributed by atoms with van der Waals surface area (Å²) in [5, 5.41) is 0. The minimum atomic E-state index is -0.333. The summed E-state index contributed by atoms with van der Waals surface area (Å²) in [6.07, 6.45) is 3.48. The number of rotatable bonds is 1. The van der Waals surface area contributed by atoms with E-state index in [1.807, 2.05) is 18.2 Å². The second kappa shape index (κ2) is 7.46. The Morgan fingerprint density at radius 1 is 1.08 bits per heavy atom. The van der Waals surface area contributed by atoms with Crippen molar-refractivity contribution in [2.75, 3.05) is 13.1 Å². The van der Waals surface area contributed by atoms with Crippen LogP contribution in [0.2, 0.25) is 0 Å². The second-order valence-electron chi connectivity index (χ2n) is 6.91. The van der Waals surface area contributed by atoms with Crippen LogP contribution in [0.5, 0.6) is 0 Å². The molecule has 0 amide bonds. The van der Waals surface area contributed by atoms with Crippen LogP contribution in [0.3, 0.4) is 0 Å². The summed E-state index contributed by atoms with van der Waals surface area (Å²) in [5.41, 5.74) is 9.68. The summed E-state index contributed by atoms with van der Waals surface area (Å²) in [4.78, 5) is 6.87. The normalized spacial score (nSPS) is 23.3. The van der Waals surface area contributed by atoms with Gasteiger partial charge in [0, 0.05) is 13.1 Å². The average Bonchev–Trinajstić information content (AvgIpc) is 2.64. The summed E-state index contributed by atoms with van der Waals surface area (Å²) in [5.74, 6) is -0.231. The summed E-state index contributed by atoms with van der Waals surface area (Å²) in [7, 11) is 0. The van der Waals surface area contributed by atoms with Crippen LogP contribution in [0.1, 0.15) is 42.0 Å². The molecule has 2 aromatic rings. The molecule has 4 nitrogen and oxygen atoms in total. The zero-order valence-electron chi connectivity index (χ0n) is 14.8. The molecule has 0 saturated carbocycles. The van der Waals surface area contributed by atoms with Crippen molar-refractivity contribution >= 4 is 6.02 Å². The molecule has 2 heterocycles. The number of nitrogens with two attached hydrogens (primary N) is 1. The number of nitrogens with zero attached hydrogens (tertiary/aromatic N) is 2. The lowest BCUT2D eigenvalue weighted by atomic mass is 9.88. The van der Waals surface area contributed by atoms with E-state index in [4.69, 9.17) is 10.5 Å². The van der Waals surface area contributed by atoms with E-state index in [0.29, 0.717) is 6.02 Å². The van der Waals surface area contributed by atoms with Gasteiger partial charge in [-0.3, -0.25) is 5.73 Å². The second-order valence-corrected chi connectivity index (χ2v) is 6.91. The molecule has 0 aliphatic carbocycles. The Labute approximate surface area is 153 Å². The Bertz CT molecular complexity index is 790. The maximum Gasteiger partial charge on any atom is 0.289 e. The van der Waals surface area contributed by atoms with Crippen LogP contribution in [0.15, 0.2) is 53.5 Å². The number of aliphatic imine (C=N–C) groups is 1. The maximum absolute atomic E-state index is 13.5. The predicted octanol–water partition coefficient (Wildman–Crippen LogP) is 3.61. The molecule has 0 unspecified atom stereocenters. The third-order valence-corrected chi connectivity index (χ3v) is 5.12. The van der Waals surface area contributed by atoms with Gasteiger partial charge in [0.15, 0.2) is 6.23 Å². The first kappa shape index (κ1) is 17.0. The minimum Gasteiger partial charge on any atom is -0.446 e. The van der Waals surface area contributed by atoms with E-state index in [0.717, 1.165) is 44.3 Å². The van der Waals surface area contributed by atoms with Gasteiger partial charge in [0.1, 0.15) is 5.82 Å². The fourth-order valence-corrected chi connectivity index (χ4v) is 3.80. The topological polar surface area (TPSA) is 50.8 Å². The molecule has 5 heteroatoms. The van der Waals surface area contributed by atoms with E-state index in [9.17, 15) is 4.39 Å². The highest BCUT2D eigenvalue weighted by molar-refractivity contribution is 5.76. The molecule has 2 aliphatic heterocycles. The molecule has 4 rings (SSSR count). The summed E-state index contributed by atoms with van der Waals surface area (Å²) in [6, 6.07) is 15.7. The molecule has 2 atom stereocenters. The molecular formula is C21H24FN3O. The first-order valence-corrected chi connectivity index (χ1v) is 9.29. The molecule has 0 aromatic heterocycles. The number of amidine groups is 1. The fraction of sp³-hybridized carbons (Fsp3) is 0.381. The number of ether oxygens (including phenoxy) is 1. The number of fused-ring (bicyclic) bond motifs is 1. The van der Waals surface area contributed by atoms with E-state index in [1.54, 1.807) is 0 Å². The Kier molecular flexibility index (Phi) is 4.89. The lowest BCUT2D eigenvalue weighted by molar-refractivity contribution is 0.126. The summed E-state index contributed by atoms with van der Waals surface area (Å²) in [6.45, 7) is 1.54. The molecule has 0 fully saturated rings. The van der Waals surface area contributed by atoms with Gasteiger partial charge in [-0.2, -0.15) is 0 Å². The molecule has 0 bridgehead atoms. The van der Waals surface area contributed by atoms with E-state index in [2.05, 4.69) is 28.1 Å². The monoisotopic (exact) mass is 353 g/mol. The highest BCUT2D eigenvalue weighted by atomic mass is 19.1. The largest absolute Gasteiger partial charge is 0.446 e. The molecule has 2 aromatic carbocycles. The molecule has 26 heavy (non-hydrogen) atoms. The van der Waals surface area contributed by atoms with Gasteiger partial charge in [-0.15, -0.1) is 0 Å². The third-order valence-electron chi connectivity index (χ3n) is 5.12. The molecule has 0 saturated heterocycles. The van der Waals surface area contributed by atoms with Gasteiger partial charge in [0.05, 0.1) is 6.04 Å². The van der Waals surface area contributed by atoms with E-state index in [1.165, 1.54) is 23.3 Å². The van der Waals surface area contributed by atoms with Crippen molar-refractivity contribution in [2.45, 2.75) is 38.0 Å². The molecule has 136 valence electrons. The summed E-state index contributed by atoms with van der Waals surface area (Å²) >= 11 is 0. The van der Waals surface area contributed by atoms with Gasteiger partial charge in [0.2, 0.25) is 0 Å². The number of hydrogen-bond acceptors (Lipinski definition) is 4. The third kappa shape index (κ3) is 3.44. The number of hydrogen-bond donors (Lipinski definition) is 1. The van der Waals surface area contributed by atoms with E-state index >= 15 is 0 Å². The smallest absolute Gasteiger partial charge is 0.289 e. The summed E-state index contributed by atoms with van der Waals surface area (Å²) < 4.78 is 19.5. The minimum absolute atomic E-state index is 0.0501. The van der Waals surface area contributed by atoms with Gasteiger partial charge >= 0.3 is 0 Å². The Balaban J connectivity index is 1.76. The SMILES string of the molecule is N[C@H]1CCCCN=C(N2CCc3ccccc3[C@@H]2c2ccc(F)cc2)O1. The standard InChI is InChI=1S/C21H24FN3O/c22-17-10-8-16(9-11-17)20-18-6-2-1-5-15(18)12-14-25(20)21-24-13-4-3-7-19(23)26-21/h1-2,5-6,8-11,19-20H,3-4,7,12-14,23H2/t19-,20+/m1/s1. The quantitative estimate of drug-likeness (QED) is 0.852. The van der Waals surface area contributed by atoms with Crippen molar-refractivity contribution in [3.8, 4) is 0 Å². The van der Waals surface area contributed by atoms with Crippen LogP contribution in [0, 0.1) is 5.82 Å². The first-order chi connectivity index (χ1) is 12.7. The van der Waals surface area contributed by atoms with Crippen LogP contribution in [0.25, 0.3) is 0 Å². The fourth-order valence-electron chi connectivity index (χ4n) is 3.80. The van der Waals surface area contributed by atoms with Crippen LogP contribution in [-0.2, 0) is 11.2 Å². The predicted molar refractivity (Wildman–Crippen MR) is 100 cm³/mol. The number of halogens is 1. The van der Waals surface area contributed by atoms with Crippen LogP contribution >= 0.6 is 0 Å². The first-order valence-electron chi connectivity index (χ1n) is 9.29. The van der Waals surface area contributed by atoms with Gasteiger partial charge in [-0.25, -0.2) is 9.38 Å². The van der Waals surface area contributed by atoms with Crippen molar-refractivity contribution in [3.05, 3.63) is 71.0 Å². The van der Waals surface area contributed by atoms with Crippen molar-refractivity contribution < 1.29 is 9.13 Å². The molecule has 0 radical (unpaired) electrons. The lowest BCUT2D eigenvalue weighted by Gasteiger charge is -2.40. The lowest BCUT2D eigenvalue weighted by Crippen LogP contribution is -2.45. The van der Waals surface area contributed by atoms with Gasteiger partial charge < -0.3 is 9.64 Å². The zero-order chi connectivity index (χ0) is 17.9. The molecular weight excluding hydrogens is 329 g/mol. The Morgan fingerprint density at radius 2 is 1.88 bits per heavy atom. The molecule has 2 aliphatic rings. The van der Waals surface area contributed by atoms with Gasteiger partial charge in [0.25, 0.3) is 6.02 Å². The zero-order valence-corrected chi connectivity index (χ0v) is 14.8. The van der Waals surface area contributed by atoms with Crippen LogP contribution in [0.4, 0.5) is 4.39 Å². The highest BCUT2D eigenvalue weighted by Gasteiger charge is 2.32. The van der Waals surface area contributed by atoms with Crippen molar-refractivity contribution in [2.24, 2.45) is 10.7 Å². The van der Waals surface area contributed by atoms with Gasteiger partial charge in [-0.1, -0.05) is 36.4 Å². The van der Waals surface area contributed by atoms with E-state index < -0.39 is 0 Å². The van der Waals surface area contributed by atoms with Crippen LogP contribution < -0.4 is 5.73 Å². The number of benzene rings is 2. The maximum atomic E-state index is 13.5.